The van der Waals surface area contributed by atoms with E-state index in [1.54, 1.807) is 6.92 Å². The monoisotopic (exact) mass is 252 g/mol. The molecule has 0 spiro atoms. The minimum atomic E-state index is -0.797. The molecule has 0 aromatic heterocycles. The van der Waals surface area contributed by atoms with Crippen molar-refractivity contribution >= 4 is 11.8 Å². The summed E-state index contributed by atoms with van der Waals surface area (Å²) in [5.41, 5.74) is -0.630. The topological polar surface area (TPSA) is 43.4 Å². The van der Waals surface area contributed by atoms with E-state index in [1.807, 2.05) is 0 Å². The quantitative estimate of drug-likeness (QED) is 0.570. The van der Waals surface area contributed by atoms with Gasteiger partial charge in [-0.15, -0.1) is 0 Å². The molecular weight excluding hydrogens is 228 g/mol. The van der Waals surface area contributed by atoms with E-state index in [4.69, 9.17) is 4.74 Å². The molecule has 0 unspecified atom stereocenters. The average molecular weight is 252 g/mol. The standard InChI is InChI=1S/C15H24O3/c1-5-18-13(17)15(12(16)10-6-7-10)8-11(9-15)14(2,3)4/h10-11H,5-9H2,1-4H3. The van der Waals surface area contributed by atoms with Gasteiger partial charge in [-0.1, -0.05) is 20.8 Å². The smallest absolute Gasteiger partial charge is 0.319 e. The molecule has 0 atom stereocenters. The Kier molecular flexibility index (Phi) is 3.28. The van der Waals surface area contributed by atoms with Gasteiger partial charge < -0.3 is 4.74 Å². The molecule has 0 radical (unpaired) electrons. The van der Waals surface area contributed by atoms with Crippen molar-refractivity contribution in [3.05, 3.63) is 0 Å². The Morgan fingerprint density at radius 2 is 1.78 bits per heavy atom. The van der Waals surface area contributed by atoms with E-state index in [1.165, 1.54) is 0 Å². The predicted octanol–water partition coefficient (Wildman–Crippen LogP) is 2.97. The molecule has 0 bridgehead atoms. The Morgan fingerprint density at radius 1 is 1.22 bits per heavy atom. The van der Waals surface area contributed by atoms with Crippen LogP contribution in [0.2, 0.25) is 0 Å². The second-order valence-corrected chi connectivity index (χ2v) is 6.91. The third-order valence-electron chi connectivity index (χ3n) is 4.50. The van der Waals surface area contributed by atoms with Crippen LogP contribution < -0.4 is 0 Å². The van der Waals surface area contributed by atoms with Gasteiger partial charge in [-0.2, -0.15) is 0 Å². The number of hydrogen-bond acceptors (Lipinski definition) is 3. The van der Waals surface area contributed by atoms with Crippen molar-refractivity contribution in [3.8, 4) is 0 Å². The highest BCUT2D eigenvalue weighted by atomic mass is 16.5. The van der Waals surface area contributed by atoms with Crippen LogP contribution in [-0.2, 0) is 14.3 Å². The van der Waals surface area contributed by atoms with Crippen LogP contribution in [0.3, 0.4) is 0 Å². The molecular formula is C15H24O3. The van der Waals surface area contributed by atoms with Crippen molar-refractivity contribution < 1.29 is 14.3 Å². The number of esters is 1. The maximum atomic E-state index is 12.4. The highest BCUT2D eigenvalue weighted by molar-refractivity contribution is 6.06. The van der Waals surface area contributed by atoms with E-state index in [2.05, 4.69) is 20.8 Å². The Morgan fingerprint density at radius 3 is 2.17 bits per heavy atom. The molecule has 0 aromatic rings. The van der Waals surface area contributed by atoms with E-state index in [0.717, 1.165) is 12.8 Å². The van der Waals surface area contributed by atoms with Crippen LogP contribution in [0.15, 0.2) is 0 Å². The summed E-state index contributed by atoms with van der Waals surface area (Å²) >= 11 is 0. The summed E-state index contributed by atoms with van der Waals surface area (Å²) in [5, 5.41) is 0. The van der Waals surface area contributed by atoms with Crippen LogP contribution in [-0.4, -0.2) is 18.4 Å². The minimum Gasteiger partial charge on any atom is -0.465 e. The number of Topliss-reactive ketones (excluding diaryl/α,β-unsaturated/α-hetero) is 1. The zero-order valence-electron chi connectivity index (χ0n) is 11.9. The summed E-state index contributed by atoms with van der Waals surface area (Å²) in [6.45, 7) is 8.68. The SMILES string of the molecule is CCOC(=O)C1(C(=O)C2CC2)CC(C(C)(C)C)C1. The lowest BCUT2D eigenvalue weighted by Crippen LogP contribution is -2.54. The summed E-state index contributed by atoms with van der Waals surface area (Å²) in [6, 6.07) is 0. The Hall–Kier alpha value is -0.860. The second-order valence-electron chi connectivity index (χ2n) is 6.91. The number of rotatable bonds is 4. The van der Waals surface area contributed by atoms with E-state index >= 15 is 0 Å². The highest BCUT2D eigenvalue weighted by Crippen LogP contribution is 2.57. The van der Waals surface area contributed by atoms with Gasteiger partial charge in [0.2, 0.25) is 0 Å². The first kappa shape index (κ1) is 13.6. The molecule has 0 aromatic carbocycles. The maximum Gasteiger partial charge on any atom is 0.319 e. The van der Waals surface area contributed by atoms with Gasteiger partial charge in [0.25, 0.3) is 0 Å². The fourth-order valence-electron chi connectivity index (χ4n) is 2.87. The zero-order chi connectivity index (χ0) is 13.6. The number of carbonyl (C=O) groups excluding carboxylic acids is 2. The van der Waals surface area contributed by atoms with Gasteiger partial charge in [0.1, 0.15) is 5.41 Å². The van der Waals surface area contributed by atoms with Gasteiger partial charge in [0.15, 0.2) is 5.78 Å². The number of ether oxygens (including phenoxy) is 1. The zero-order valence-corrected chi connectivity index (χ0v) is 11.9. The van der Waals surface area contributed by atoms with Gasteiger partial charge >= 0.3 is 5.97 Å². The fraction of sp³-hybridized carbons (Fsp3) is 0.867. The Labute approximate surface area is 109 Å². The van der Waals surface area contributed by atoms with Crippen molar-refractivity contribution in [1.82, 2.24) is 0 Å². The molecule has 3 nitrogen and oxygen atoms in total. The molecule has 2 fully saturated rings. The molecule has 2 aliphatic carbocycles. The minimum absolute atomic E-state index is 0.135. The van der Waals surface area contributed by atoms with Crippen molar-refractivity contribution in [2.24, 2.45) is 22.7 Å². The normalized spacial score (nSPS) is 31.7. The van der Waals surface area contributed by atoms with E-state index in [0.29, 0.717) is 25.4 Å². The molecule has 0 heterocycles. The largest absolute Gasteiger partial charge is 0.465 e. The van der Waals surface area contributed by atoms with Gasteiger partial charge in [-0.3, -0.25) is 9.59 Å². The van der Waals surface area contributed by atoms with Crippen LogP contribution in [0.25, 0.3) is 0 Å². The first-order valence-electron chi connectivity index (χ1n) is 7.03. The third kappa shape index (κ3) is 2.19. The summed E-state index contributed by atoms with van der Waals surface area (Å²) in [7, 11) is 0. The van der Waals surface area contributed by atoms with Crippen LogP contribution in [0.1, 0.15) is 53.4 Å². The first-order chi connectivity index (χ1) is 8.31. The molecule has 0 saturated heterocycles. The first-order valence-corrected chi connectivity index (χ1v) is 7.03. The van der Waals surface area contributed by atoms with Crippen molar-refractivity contribution in [2.75, 3.05) is 6.61 Å². The summed E-state index contributed by atoms with van der Waals surface area (Å²) in [6.07, 6.45) is 3.29. The van der Waals surface area contributed by atoms with Crippen molar-refractivity contribution in [3.63, 3.8) is 0 Å². The van der Waals surface area contributed by atoms with Gasteiger partial charge in [0, 0.05) is 5.92 Å². The lowest BCUT2D eigenvalue weighted by Gasteiger charge is -2.50. The predicted molar refractivity (Wildman–Crippen MR) is 69.0 cm³/mol. The summed E-state index contributed by atoms with van der Waals surface area (Å²) in [4.78, 5) is 24.5. The average Bonchev–Trinajstić information content (AvgIpc) is 2.96. The molecule has 2 saturated carbocycles. The number of hydrogen-bond donors (Lipinski definition) is 0. The summed E-state index contributed by atoms with van der Waals surface area (Å²) in [5.74, 6) is 0.462. The van der Waals surface area contributed by atoms with Crippen LogP contribution in [0.4, 0.5) is 0 Å². The van der Waals surface area contributed by atoms with Crippen molar-refractivity contribution in [2.45, 2.75) is 53.4 Å². The van der Waals surface area contributed by atoms with Gasteiger partial charge in [-0.05, 0) is 43.9 Å². The Bertz CT molecular complexity index is 354. The van der Waals surface area contributed by atoms with Crippen molar-refractivity contribution in [1.29, 1.82) is 0 Å². The third-order valence-corrected chi connectivity index (χ3v) is 4.50. The molecule has 2 rings (SSSR count). The van der Waals surface area contributed by atoms with Crippen LogP contribution in [0.5, 0.6) is 0 Å². The highest BCUT2D eigenvalue weighted by Gasteiger charge is 2.61. The molecule has 3 heteroatoms. The van der Waals surface area contributed by atoms with Crippen LogP contribution in [0, 0.1) is 22.7 Å². The van der Waals surface area contributed by atoms with E-state index in [-0.39, 0.29) is 23.1 Å². The molecule has 0 N–H and O–H groups in total. The lowest BCUT2D eigenvalue weighted by molar-refractivity contribution is -0.174. The van der Waals surface area contributed by atoms with E-state index in [9.17, 15) is 9.59 Å². The van der Waals surface area contributed by atoms with Gasteiger partial charge in [0.05, 0.1) is 6.61 Å². The van der Waals surface area contributed by atoms with Gasteiger partial charge in [-0.25, -0.2) is 0 Å². The molecule has 2 aliphatic rings. The molecule has 102 valence electrons. The van der Waals surface area contributed by atoms with E-state index < -0.39 is 5.41 Å². The Balaban J connectivity index is 2.11. The molecule has 0 aliphatic heterocycles. The second kappa shape index (κ2) is 4.36. The summed E-state index contributed by atoms with van der Waals surface area (Å²) < 4.78 is 5.15. The molecule has 18 heavy (non-hydrogen) atoms. The fourth-order valence-corrected chi connectivity index (χ4v) is 2.87. The number of ketones is 1. The lowest BCUT2D eigenvalue weighted by atomic mass is 9.52. The molecule has 0 amide bonds. The maximum absolute atomic E-state index is 12.4. The number of carbonyl (C=O) groups is 2. The van der Waals surface area contributed by atoms with Crippen LogP contribution >= 0.6 is 0 Å².